The summed E-state index contributed by atoms with van der Waals surface area (Å²) in [5, 5.41) is 6.13. The van der Waals surface area contributed by atoms with Gasteiger partial charge in [-0.3, -0.25) is 4.79 Å². The first-order chi connectivity index (χ1) is 11.0. The minimum absolute atomic E-state index is 0.0280. The number of amides is 1. The van der Waals surface area contributed by atoms with Gasteiger partial charge in [0.2, 0.25) is 5.91 Å². The van der Waals surface area contributed by atoms with Crippen LogP contribution in [0.4, 0.5) is 15.8 Å². The molecule has 0 aromatic heterocycles. The van der Waals surface area contributed by atoms with Crippen molar-refractivity contribution in [3.8, 4) is 0 Å². The molecule has 0 aliphatic rings. The molecular formula is C19H23FN2O. The Labute approximate surface area is 136 Å². The van der Waals surface area contributed by atoms with Crippen LogP contribution in [-0.2, 0) is 11.2 Å². The van der Waals surface area contributed by atoms with Gasteiger partial charge >= 0.3 is 0 Å². The normalized spacial score (nSPS) is 10.6. The third kappa shape index (κ3) is 5.74. The third-order valence-electron chi connectivity index (χ3n) is 3.44. The van der Waals surface area contributed by atoms with E-state index in [0.29, 0.717) is 30.9 Å². The third-order valence-corrected chi connectivity index (χ3v) is 3.44. The van der Waals surface area contributed by atoms with Gasteiger partial charge in [-0.05, 0) is 48.2 Å². The number of benzene rings is 2. The second-order valence-corrected chi connectivity index (χ2v) is 5.99. The van der Waals surface area contributed by atoms with Crippen molar-refractivity contribution in [1.82, 2.24) is 0 Å². The topological polar surface area (TPSA) is 41.1 Å². The molecule has 2 rings (SSSR count). The molecule has 2 aromatic carbocycles. The zero-order chi connectivity index (χ0) is 16.7. The molecule has 0 aliphatic carbocycles. The molecule has 2 aromatic rings. The predicted octanol–water partition coefficient (Wildman–Crippen LogP) is 4.46. The quantitative estimate of drug-likeness (QED) is 0.792. The van der Waals surface area contributed by atoms with E-state index in [-0.39, 0.29) is 11.7 Å². The van der Waals surface area contributed by atoms with E-state index in [4.69, 9.17) is 0 Å². The van der Waals surface area contributed by atoms with Gasteiger partial charge in [0.1, 0.15) is 5.82 Å². The van der Waals surface area contributed by atoms with Crippen molar-refractivity contribution in [3.05, 3.63) is 59.9 Å². The number of halogens is 1. The number of anilines is 2. The molecule has 0 saturated heterocycles. The highest BCUT2D eigenvalue weighted by Crippen LogP contribution is 2.15. The van der Waals surface area contributed by atoms with Gasteiger partial charge in [-0.25, -0.2) is 4.39 Å². The van der Waals surface area contributed by atoms with E-state index in [1.807, 2.05) is 44.2 Å². The summed E-state index contributed by atoms with van der Waals surface area (Å²) in [6.07, 6.45) is 1.14. The van der Waals surface area contributed by atoms with E-state index in [9.17, 15) is 9.18 Å². The maximum absolute atomic E-state index is 13.5. The Morgan fingerprint density at radius 1 is 1.04 bits per heavy atom. The summed E-state index contributed by atoms with van der Waals surface area (Å²) in [7, 11) is 0. The van der Waals surface area contributed by atoms with Gasteiger partial charge < -0.3 is 10.6 Å². The average molecular weight is 314 g/mol. The van der Waals surface area contributed by atoms with Crippen LogP contribution in [0.25, 0.3) is 0 Å². The van der Waals surface area contributed by atoms with Crippen LogP contribution in [0.3, 0.4) is 0 Å². The van der Waals surface area contributed by atoms with Gasteiger partial charge in [0.25, 0.3) is 0 Å². The van der Waals surface area contributed by atoms with Crippen LogP contribution < -0.4 is 10.6 Å². The Balaban J connectivity index is 1.81. The number of hydrogen-bond donors (Lipinski definition) is 2. The summed E-state index contributed by atoms with van der Waals surface area (Å²) < 4.78 is 13.5. The van der Waals surface area contributed by atoms with Gasteiger partial charge in [0.05, 0.1) is 0 Å². The van der Waals surface area contributed by atoms with Crippen LogP contribution in [0.15, 0.2) is 48.5 Å². The van der Waals surface area contributed by atoms with Crippen molar-refractivity contribution in [3.63, 3.8) is 0 Å². The first-order valence-corrected chi connectivity index (χ1v) is 7.92. The molecule has 0 fully saturated rings. The molecule has 0 radical (unpaired) electrons. The molecule has 0 bridgehead atoms. The largest absolute Gasteiger partial charge is 0.385 e. The van der Waals surface area contributed by atoms with Crippen molar-refractivity contribution in [2.75, 3.05) is 17.2 Å². The number of rotatable bonds is 7. The standard InChI is InChI=1S/C19H23FN2O/c1-14(2)13-19(23)22-17-9-7-16(8-10-17)21-12-11-15-5-3-4-6-18(15)20/h3-10,14,21H,11-13H2,1-2H3,(H,22,23). The van der Waals surface area contributed by atoms with Crippen molar-refractivity contribution in [1.29, 1.82) is 0 Å². The first kappa shape index (κ1) is 17.0. The molecule has 0 saturated carbocycles. The Hall–Kier alpha value is -2.36. The van der Waals surface area contributed by atoms with Gasteiger partial charge in [0.15, 0.2) is 0 Å². The Kier molecular flexibility index (Phi) is 6.15. The lowest BCUT2D eigenvalue weighted by Crippen LogP contribution is -2.13. The smallest absolute Gasteiger partial charge is 0.224 e. The molecular weight excluding hydrogens is 291 g/mol. The van der Waals surface area contributed by atoms with E-state index in [1.54, 1.807) is 12.1 Å². The molecule has 2 N–H and O–H groups in total. The van der Waals surface area contributed by atoms with Gasteiger partial charge in [-0.2, -0.15) is 0 Å². The van der Waals surface area contributed by atoms with E-state index in [1.165, 1.54) is 6.07 Å². The Bertz CT molecular complexity index is 638. The maximum atomic E-state index is 13.5. The Morgan fingerprint density at radius 3 is 2.35 bits per heavy atom. The fourth-order valence-electron chi connectivity index (χ4n) is 2.30. The summed E-state index contributed by atoms with van der Waals surface area (Å²) in [6, 6.07) is 14.4. The van der Waals surface area contributed by atoms with E-state index >= 15 is 0 Å². The number of carbonyl (C=O) groups excluding carboxylic acids is 1. The predicted molar refractivity (Wildman–Crippen MR) is 93.1 cm³/mol. The van der Waals surface area contributed by atoms with Crippen LogP contribution in [0.5, 0.6) is 0 Å². The van der Waals surface area contributed by atoms with Crippen LogP contribution in [0.1, 0.15) is 25.8 Å². The summed E-state index contributed by atoms with van der Waals surface area (Å²) in [5.74, 6) is 0.201. The number of nitrogens with one attached hydrogen (secondary N) is 2. The summed E-state index contributed by atoms with van der Waals surface area (Å²) in [6.45, 7) is 4.68. The average Bonchev–Trinajstić information content (AvgIpc) is 2.50. The lowest BCUT2D eigenvalue weighted by atomic mass is 10.1. The van der Waals surface area contributed by atoms with Crippen LogP contribution in [0, 0.1) is 11.7 Å². The molecule has 122 valence electrons. The summed E-state index contributed by atoms with van der Waals surface area (Å²) in [4.78, 5) is 11.7. The second kappa shape index (κ2) is 8.32. The van der Waals surface area contributed by atoms with Crippen molar-refractivity contribution >= 4 is 17.3 Å². The van der Waals surface area contributed by atoms with E-state index in [0.717, 1.165) is 11.4 Å². The monoisotopic (exact) mass is 314 g/mol. The fourth-order valence-corrected chi connectivity index (χ4v) is 2.30. The fraction of sp³-hybridized carbons (Fsp3) is 0.316. The molecule has 0 aliphatic heterocycles. The molecule has 3 nitrogen and oxygen atoms in total. The lowest BCUT2D eigenvalue weighted by molar-refractivity contribution is -0.116. The maximum Gasteiger partial charge on any atom is 0.224 e. The minimum Gasteiger partial charge on any atom is -0.385 e. The molecule has 0 spiro atoms. The van der Waals surface area contributed by atoms with Crippen LogP contribution in [-0.4, -0.2) is 12.5 Å². The van der Waals surface area contributed by atoms with Gasteiger partial charge in [0, 0.05) is 24.3 Å². The first-order valence-electron chi connectivity index (χ1n) is 7.92. The number of hydrogen-bond acceptors (Lipinski definition) is 2. The summed E-state index contributed by atoms with van der Waals surface area (Å²) >= 11 is 0. The molecule has 1 amide bonds. The highest BCUT2D eigenvalue weighted by Gasteiger charge is 2.05. The van der Waals surface area contributed by atoms with Crippen molar-refractivity contribution in [2.45, 2.75) is 26.7 Å². The van der Waals surface area contributed by atoms with Crippen LogP contribution in [0.2, 0.25) is 0 Å². The summed E-state index contributed by atoms with van der Waals surface area (Å²) in [5.41, 5.74) is 2.44. The molecule has 0 heterocycles. The molecule has 0 unspecified atom stereocenters. The SMILES string of the molecule is CC(C)CC(=O)Nc1ccc(NCCc2ccccc2F)cc1. The molecule has 4 heteroatoms. The minimum atomic E-state index is -0.169. The zero-order valence-electron chi connectivity index (χ0n) is 13.6. The highest BCUT2D eigenvalue weighted by molar-refractivity contribution is 5.90. The van der Waals surface area contributed by atoms with Gasteiger partial charge in [-0.1, -0.05) is 32.0 Å². The van der Waals surface area contributed by atoms with Crippen LogP contribution >= 0.6 is 0 Å². The van der Waals surface area contributed by atoms with E-state index < -0.39 is 0 Å². The second-order valence-electron chi connectivity index (χ2n) is 5.99. The zero-order valence-corrected chi connectivity index (χ0v) is 13.6. The van der Waals surface area contributed by atoms with E-state index in [2.05, 4.69) is 10.6 Å². The van der Waals surface area contributed by atoms with Gasteiger partial charge in [-0.15, -0.1) is 0 Å². The molecule has 23 heavy (non-hydrogen) atoms. The molecule has 0 atom stereocenters. The number of carbonyl (C=O) groups is 1. The lowest BCUT2D eigenvalue weighted by Gasteiger charge is -2.10. The van der Waals surface area contributed by atoms with Crippen molar-refractivity contribution in [2.24, 2.45) is 5.92 Å². The Morgan fingerprint density at radius 2 is 1.70 bits per heavy atom. The highest BCUT2D eigenvalue weighted by atomic mass is 19.1. The van der Waals surface area contributed by atoms with Crippen molar-refractivity contribution < 1.29 is 9.18 Å².